The van der Waals surface area contributed by atoms with Gasteiger partial charge in [0, 0.05) is 22.3 Å². The minimum absolute atomic E-state index is 0.0729. The third kappa shape index (κ3) is 8.45. The summed E-state index contributed by atoms with van der Waals surface area (Å²) >= 11 is 0. The smallest absolute Gasteiger partial charge is 0.304 e. The van der Waals surface area contributed by atoms with Crippen LogP contribution in [0, 0.1) is 27.7 Å². The third-order valence-corrected chi connectivity index (χ3v) is 7.96. The number of rotatable bonds is 8. The van der Waals surface area contributed by atoms with Crippen LogP contribution in [0.3, 0.4) is 0 Å². The van der Waals surface area contributed by atoms with Crippen molar-refractivity contribution in [3.63, 3.8) is 0 Å². The predicted octanol–water partition coefficient (Wildman–Crippen LogP) is 5.59. The summed E-state index contributed by atoms with van der Waals surface area (Å²) < 4.78 is 1.38. The van der Waals surface area contributed by atoms with Crippen LogP contribution in [0.5, 0.6) is 0 Å². The van der Waals surface area contributed by atoms with Crippen LogP contribution in [0.25, 0.3) is 0 Å². The lowest BCUT2D eigenvalue weighted by molar-refractivity contribution is 0.102. The molecule has 10 nitrogen and oxygen atoms in total. The predicted molar refractivity (Wildman–Crippen MR) is 191 cm³/mol. The first-order valence-electron chi connectivity index (χ1n) is 16.1. The summed E-state index contributed by atoms with van der Waals surface area (Å²) in [6.45, 7) is 15.1. The maximum atomic E-state index is 13.5. The third-order valence-electron chi connectivity index (χ3n) is 7.96. The van der Waals surface area contributed by atoms with Crippen molar-refractivity contribution in [3.8, 4) is 0 Å². The van der Waals surface area contributed by atoms with Gasteiger partial charge in [-0.15, -0.1) is 0 Å². The van der Waals surface area contributed by atoms with Gasteiger partial charge in [-0.1, -0.05) is 92.4 Å². The molecule has 2 heterocycles. The van der Waals surface area contributed by atoms with Gasteiger partial charge >= 0.3 is 11.4 Å². The number of aromatic nitrogens is 4. The molecule has 3 aromatic carbocycles. The van der Waals surface area contributed by atoms with Gasteiger partial charge in [-0.25, -0.2) is 9.59 Å². The molecule has 49 heavy (non-hydrogen) atoms. The Labute approximate surface area is 283 Å². The monoisotopic (exact) mass is 662 g/mol. The minimum atomic E-state index is -0.669. The van der Waals surface area contributed by atoms with Gasteiger partial charge in [-0.05, 0) is 69.4 Å². The number of carbonyl (C=O) groups is 2. The quantitative estimate of drug-likeness (QED) is 0.184. The Bertz CT molecular complexity index is 2230. The van der Waals surface area contributed by atoms with Gasteiger partial charge in [-0.3, -0.25) is 33.7 Å². The maximum Gasteiger partial charge on any atom is 0.329 e. The van der Waals surface area contributed by atoms with E-state index in [1.54, 1.807) is 38.1 Å². The van der Waals surface area contributed by atoms with Crippen LogP contribution in [0.1, 0.15) is 111 Å². The molecule has 0 saturated heterocycles. The molecule has 5 rings (SSSR count). The van der Waals surface area contributed by atoms with Gasteiger partial charge < -0.3 is 4.98 Å². The second-order valence-electron chi connectivity index (χ2n) is 13.0. The van der Waals surface area contributed by atoms with E-state index in [4.69, 9.17) is 0 Å². The molecule has 0 amide bonds. The zero-order valence-electron chi connectivity index (χ0n) is 29.1. The molecule has 0 aliphatic rings. The van der Waals surface area contributed by atoms with Crippen LogP contribution in [0.4, 0.5) is 0 Å². The van der Waals surface area contributed by atoms with Gasteiger partial charge in [0.25, 0.3) is 11.1 Å². The lowest BCUT2D eigenvalue weighted by Crippen LogP contribution is -2.38. The SMILES string of the molecule is Cc1cc(C)cc(C(=O)c2[nH]c(=O)[nH]c(=O)c2C(C)C)c1.Cc1cc(C)cc(C(=O)c2c(C(C)C)c(=O)[nH]c(=O)n2Cc2ccccc2)c1. The summed E-state index contributed by atoms with van der Waals surface area (Å²) in [7, 11) is 0. The Kier molecular flexibility index (Phi) is 11.1. The topological polar surface area (TPSA) is 155 Å². The van der Waals surface area contributed by atoms with Crippen molar-refractivity contribution in [3.05, 3.63) is 170 Å². The number of ketones is 2. The van der Waals surface area contributed by atoms with Gasteiger partial charge in [0.05, 0.1) is 12.2 Å². The fourth-order valence-electron chi connectivity index (χ4n) is 6.00. The van der Waals surface area contributed by atoms with E-state index in [1.807, 2.05) is 84.0 Å². The average Bonchev–Trinajstić information content (AvgIpc) is 3.00. The van der Waals surface area contributed by atoms with Gasteiger partial charge in [0.1, 0.15) is 5.69 Å². The van der Waals surface area contributed by atoms with Crippen LogP contribution >= 0.6 is 0 Å². The van der Waals surface area contributed by atoms with Crippen molar-refractivity contribution in [2.24, 2.45) is 0 Å². The summed E-state index contributed by atoms with van der Waals surface area (Å²) in [5.74, 6) is -1.03. The number of H-pyrrole nitrogens is 3. The summed E-state index contributed by atoms with van der Waals surface area (Å²) in [6, 6.07) is 20.4. The number of nitrogens with one attached hydrogen (secondary N) is 3. The van der Waals surface area contributed by atoms with Crippen molar-refractivity contribution >= 4 is 11.6 Å². The number of hydrogen-bond acceptors (Lipinski definition) is 6. The molecule has 0 saturated carbocycles. The highest BCUT2D eigenvalue weighted by molar-refractivity contribution is 6.09. The van der Waals surface area contributed by atoms with E-state index in [0.717, 1.165) is 27.8 Å². The summed E-state index contributed by atoms with van der Waals surface area (Å²) in [6.07, 6.45) is 0. The molecule has 10 heteroatoms. The van der Waals surface area contributed by atoms with Crippen molar-refractivity contribution in [1.29, 1.82) is 0 Å². The molecule has 0 radical (unpaired) electrons. The second-order valence-corrected chi connectivity index (χ2v) is 13.0. The Hall–Kier alpha value is -5.64. The second kappa shape index (κ2) is 15.1. The first-order valence-corrected chi connectivity index (χ1v) is 16.1. The van der Waals surface area contributed by atoms with Crippen molar-refractivity contribution in [2.45, 2.75) is 73.8 Å². The van der Waals surface area contributed by atoms with Crippen molar-refractivity contribution in [1.82, 2.24) is 19.5 Å². The maximum absolute atomic E-state index is 13.5. The summed E-state index contributed by atoms with van der Waals surface area (Å²) in [5.41, 5.74) is 4.25. The van der Waals surface area contributed by atoms with Gasteiger partial charge in [-0.2, -0.15) is 0 Å². The molecule has 0 aliphatic carbocycles. The van der Waals surface area contributed by atoms with E-state index >= 15 is 0 Å². The molecule has 0 atom stereocenters. The molecular weight excluding hydrogens is 620 g/mol. The highest BCUT2D eigenvalue weighted by atomic mass is 16.2. The fraction of sp³-hybridized carbons (Fsp3) is 0.282. The first-order chi connectivity index (χ1) is 23.1. The van der Waals surface area contributed by atoms with Crippen LogP contribution in [0.2, 0.25) is 0 Å². The highest BCUT2D eigenvalue weighted by Crippen LogP contribution is 2.21. The van der Waals surface area contributed by atoms with Crippen LogP contribution in [-0.4, -0.2) is 31.1 Å². The van der Waals surface area contributed by atoms with Crippen molar-refractivity contribution in [2.75, 3.05) is 0 Å². The van der Waals surface area contributed by atoms with E-state index in [-0.39, 0.29) is 41.3 Å². The molecule has 5 aromatic rings. The van der Waals surface area contributed by atoms with E-state index in [9.17, 15) is 28.8 Å². The average molecular weight is 663 g/mol. The lowest BCUT2D eigenvalue weighted by atomic mass is 9.95. The number of nitrogens with zero attached hydrogens (tertiary/aromatic N) is 1. The van der Waals surface area contributed by atoms with Crippen LogP contribution < -0.4 is 22.5 Å². The molecule has 0 fully saturated rings. The Balaban J connectivity index is 0.000000230. The van der Waals surface area contributed by atoms with Crippen molar-refractivity contribution < 1.29 is 9.59 Å². The molecule has 254 valence electrons. The number of aromatic amines is 3. The lowest BCUT2D eigenvalue weighted by Gasteiger charge is -2.18. The largest absolute Gasteiger partial charge is 0.329 e. The summed E-state index contributed by atoms with van der Waals surface area (Å²) in [4.78, 5) is 81.8. The number of benzene rings is 3. The number of carbonyl (C=O) groups excluding carboxylic acids is 2. The Morgan fingerprint density at radius 3 is 1.57 bits per heavy atom. The molecule has 3 N–H and O–H groups in total. The molecule has 0 aliphatic heterocycles. The zero-order chi connectivity index (χ0) is 36.2. The summed E-state index contributed by atoms with van der Waals surface area (Å²) in [5, 5.41) is 0. The normalized spacial score (nSPS) is 11.0. The zero-order valence-corrected chi connectivity index (χ0v) is 29.1. The first kappa shape index (κ1) is 36.2. The minimum Gasteiger partial charge on any atom is -0.304 e. The Morgan fingerprint density at radius 2 is 1.08 bits per heavy atom. The number of hydrogen-bond donors (Lipinski definition) is 3. The van der Waals surface area contributed by atoms with Gasteiger partial charge in [0.2, 0.25) is 11.6 Å². The number of aryl methyl sites for hydroxylation is 4. The highest BCUT2D eigenvalue weighted by Gasteiger charge is 2.25. The van der Waals surface area contributed by atoms with E-state index < -0.39 is 22.5 Å². The van der Waals surface area contributed by atoms with E-state index in [0.29, 0.717) is 22.3 Å². The van der Waals surface area contributed by atoms with Crippen LogP contribution in [-0.2, 0) is 6.54 Å². The molecular formula is C39H42N4O6. The molecule has 0 bridgehead atoms. The van der Waals surface area contributed by atoms with Crippen LogP contribution in [0.15, 0.2) is 85.9 Å². The fourth-order valence-corrected chi connectivity index (χ4v) is 6.00. The van der Waals surface area contributed by atoms with E-state index in [2.05, 4.69) is 15.0 Å². The molecule has 0 spiro atoms. The van der Waals surface area contributed by atoms with Gasteiger partial charge in [0.15, 0.2) is 0 Å². The standard InChI is InChI=1S/C23H24N2O3.C16H18N2O3/c1-14(2)19-20(21(26)18-11-15(3)10-16(4)12-18)25(23(28)24-22(19)27)13-17-8-6-5-7-9-17;1-8(2)12-13(17-16(21)18-15(12)20)14(19)11-6-9(3)5-10(4)7-11/h5-12,14H,13H2,1-4H3,(H,24,27,28);5-8H,1-4H3,(H2,17,18,20,21). The van der Waals surface area contributed by atoms with E-state index in [1.165, 1.54) is 4.57 Å². The molecule has 2 aromatic heterocycles. The Morgan fingerprint density at radius 1 is 0.612 bits per heavy atom. The molecule has 0 unspecified atom stereocenters.